The Balaban J connectivity index is 1.57. The second-order valence-corrected chi connectivity index (χ2v) is 8.63. The maximum atomic E-state index is 13.1. The van der Waals surface area contributed by atoms with Gasteiger partial charge in [-0.3, -0.25) is 5.32 Å². The molecule has 10 heteroatoms. The second-order valence-electron chi connectivity index (χ2n) is 8.63. The molecule has 0 aliphatic heterocycles. The predicted molar refractivity (Wildman–Crippen MR) is 138 cm³/mol. The van der Waals surface area contributed by atoms with Gasteiger partial charge in [-0.25, -0.2) is 4.79 Å². The minimum atomic E-state index is -4.98. The number of fused-ring (bicyclic) bond motifs is 1. The Labute approximate surface area is 222 Å². The molecule has 0 amide bonds. The first kappa shape index (κ1) is 27.7. The number of H-pyrrole nitrogens is 1. The molecule has 0 aliphatic carbocycles. The maximum absolute atomic E-state index is 13.1. The average Bonchev–Trinajstić information content (AvgIpc) is 3.33. The Bertz CT molecular complexity index is 1500. The Morgan fingerprint density at radius 3 is 2.44 bits per heavy atom. The van der Waals surface area contributed by atoms with Gasteiger partial charge in [0.15, 0.2) is 0 Å². The summed E-state index contributed by atoms with van der Waals surface area (Å²) in [5, 5.41) is 24.5. The molecule has 7 nitrogen and oxygen atoms in total. The number of benzene rings is 3. The molecule has 2 unspecified atom stereocenters. The highest BCUT2D eigenvalue weighted by Gasteiger charge is 2.33. The van der Waals surface area contributed by atoms with Gasteiger partial charge in [-0.15, -0.1) is 13.2 Å². The SMILES string of the molecule is COC(=O)c1ccc(C#Cc2ccc(OC(F)(F)F)c(C(O)NC(CO)Cc3c[nH]c4ccccc34)c2)cc1. The summed E-state index contributed by atoms with van der Waals surface area (Å²) in [6, 6.07) is 16.9. The van der Waals surface area contributed by atoms with Crippen LogP contribution in [0.4, 0.5) is 13.2 Å². The van der Waals surface area contributed by atoms with E-state index in [1.807, 2.05) is 24.3 Å². The fraction of sp³-hybridized carbons (Fsp3) is 0.207. The van der Waals surface area contributed by atoms with Crippen molar-refractivity contribution in [3.8, 4) is 17.6 Å². The number of aromatic nitrogens is 1. The van der Waals surface area contributed by atoms with Crippen LogP contribution in [0.1, 0.15) is 38.8 Å². The number of alkyl halides is 3. The van der Waals surface area contributed by atoms with Crippen molar-refractivity contribution >= 4 is 16.9 Å². The van der Waals surface area contributed by atoms with Gasteiger partial charge in [0.05, 0.1) is 19.3 Å². The van der Waals surface area contributed by atoms with Crippen molar-refractivity contribution in [2.45, 2.75) is 25.1 Å². The molecule has 0 saturated carbocycles. The highest BCUT2D eigenvalue weighted by molar-refractivity contribution is 5.89. The molecule has 0 saturated heterocycles. The van der Waals surface area contributed by atoms with Crippen molar-refractivity contribution in [1.29, 1.82) is 0 Å². The first-order chi connectivity index (χ1) is 18.7. The van der Waals surface area contributed by atoms with Gasteiger partial charge in [-0.2, -0.15) is 0 Å². The molecule has 3 aromatic carbocycles. The summed E-state index contributed by atoms with van der Waals surface area (Å²) in [7, 11) is 1.27. The molecule has 1 heterocycles. The van der Waals surface area contributed by atoms with Crippen LogP contribution < -0.4 is 10.1 Å². The lowest BCUT2D eigenvalue weighted by Gasteiger charge is -2.23. The number of aromatic amines is 1. The fourth-order valence-corrected chi connectivity index (χ4v) is 4.06. The van der Waals surface area contributed by atoms with E-state index in [4.69, 9.17) is 0 Å². The monoisotopic (exact) mass is 538 g/mol. The molecule has 39 heavy (non-hydrogen) atoms. The number of rotatable bonds is 8. The fourth-order valence-electron chi connectivity index (χ4n) is 4.06. The number of halogens is 3. The highest BCUT2D eigenvalue weighted by atomic mass is 19.4. The normalized spacial score (nSPS) is 12.9. The van der Waals surface area contributed by atoms with Gasteiger partial charge < -0.3 is 24.7 Å². The topological polar surface area (TPSA) is 104 Å². The summed E-state index contributed by atoms with van der Waals surface area (Å²) in [5.74, 6) is 4.61. The lowest BCUT2D eigenvalue weighted by atomic mass is 10.0. The molecule has 4 rings (SSSR count). The zero-order valence-electron chi connectivity index (χ0n) is 20.8. The number of carbonyl (C=O) groups excluding carboxylic acids is 1. The van der Waals surface area contributed by atoms with Gasteiger partial charge in [0.2, 0.25) is 0 Å². The van der Waals surface area contributed by atoms with Gasteiger partial charge in [0, 0.05) is 39.8 Å². The van der Waals surface area contributed by atoms with E-state index < -0.39 is 30.4 Å². The van der Waals surface area contributed by atoms with E-state index in [2.05, 4.69) is 31.6 Å². The number of hydrogen-bond acceptors (Lipinski definition) is 6. The molecule has 4 N–H and O–H groups in total. The van der Waals surface area contributed by atoms with E-state index in [1.54, 1.807) is 18.3 Å². The van der Waals surface area contributed by atoms with E-state index in [0.29, 0.717) is 23.1 Å². The van der Waals surface area contributed by atoms with Crippen molar-refractivity contribution in [2.24, 2.45) is 0 Å². The zero-order chi connectivity index (χ0) is 28.0. The van der Waals surface area contributed by atoms with Crippen LogP contribution in [0.2, 0.25) is 0 Å². The molecule has 202 valence electrons. The number of methoxy groups -OCH3 is 1. The smallest absolute Gasteiger partial charge is 0.465 e. The van der Waals surface area contributed by atoms with Gasteiger partial charge >= 0.3 is 12.3 Å². The Kier molecular flexibility index (Phi) is 8.56. The summed E-state index contributed by atoms with van der Waals surface area (Å²) >= 11 is 0. The van der Waals surface area contributed by atoms with Crippen LogP contribution in [0, 0.1) is 11.8 Å². The molecular weight excluding hydrogens is 513 g/mol. The largest absolute Gasteiger partial charge is 0.573 e. The van der Waals surface area contributed by atoms with Crippen LogP contribution in [0.3, 0.4) is 0 Å². The Hall–Kier alpha value is -4.30. The zero-order valence-corrected chi connectivity index (χ0v) is 20.8. The second kappa shape index (κ2) is 12.0. The van der Waals surface area contributed by atoms with Crippen molar-refractivity contribution in [1.82, 2.24) is 10.3 Å². The van der Waals surface area contributed by atoms with Crippen molar-refractivity contribution < 1.29 is 37.7 Å². The first-order valence-corrected chi connectivity index (χ1v) is 11.9. The van der Waals surface area contributed by atoms with E-state index in [0.717, 1.165) is 22.5 Å². The molecule has 0 fully saturated rings. The van der Waals surface area contributed by atoms with Crippen LogP contribution in [-0.2, 0) is 11.2 Å². The van der Waals surface area contributed by atoms with Crippen molar-refractivity contribution in [3.63, 3.8) is 0 Å². The highest BCUT2D eigenvalue weighted by Crippen LogP contribution is 2.31. The number of ether oxygens (including phenoxy) is 2. The summed E-state index contributed by atoms with van der Waals surface area (Å²) < 4.78 is 48.0. The number of aliphatic hydroxyl groups is 2. The van der Waals surface area contributed by atoms with E-state index in [9.17, 15) is 28.2 Å². The lowest BCUT2D eigenvalue weighted by Crippen LogP contribution is -2.37. The third-order valence-corrected chi connectivity index (χ3v) is 5.94. The number of hydrogen-bond donors (Lipinski definition) is 4. The standard InChI is InChI=1S/C29H25F3N2O5/c1-38-28(37)20-11-8-18(9-12-20)6-7-19-10-13-26(39-29(30,31)32)24(14-19)27(36)34-22(17-35)15-21-16-33-25-5-3-2-4-23(21)25/h2-5,8-14,16,22,27,33-36H,15,17H2,1H3. The van der Waals surface area contributed by atoms with Gasteiger partial charge in [-0.05, 0) is 60.5 Å². The molecule has 1 aromatic heterocycles. The third kappa shape index (κ3) is 7.18. The molecule has 0 spiro atoms. The van der Waals surface area contributed by atoms with E-state index >= 15 is 0 Å². The van der Waals surface area contributed by atoms with Crippen molar-refractivity contribution in [2.75, 3.05) is 13.7 Å². The molecule has 2 atom stereocenters. The Morgan fingerprint density at radius 1 is 1.05 bits per heavy atom. The number of nitrogens with one attached hydrogen (secondary N) is 2. The van der Waals surface area contributed by atoms with Crippen LogP contribution in [-0.4, -0.2) is 47.3 Å². The molecule has 0 bridgehead atoms. The van der Waals surface area contributed by atoms with Crippen LogP contribution in [0.5, 0.6) is 5.75 Å². The summed E-state index contributed by atoms with van der Waals surface area (Å²) in [4.78, 5) is 14.7. The van der Waals surface area contributed by atoms with Gasteiger partial charge in [-0.1, -0.05) is 30.0 Å². The summed E-state index contributed by atoms with van der Waals surface area (Å²) in [5.41, 5.74) is 2.79. The quantitative estimate of drug-likeness (QED) is 0.150. The van der Waals surface area contributed by atoms with Crippen LogP contribution in [0.25, 0.3) is 10.9 Å². The number of esters is 1. The predicted octanol–water partition coefficient (Wildman–Crippen LogP) is 4.44. The minimum absolute atomic E-state index is 0.197. The van der Waals surface area contributed by atoms with Gasteiger partial charge in [0.1, 0.15) is 12.0 Å². The lowest BCUT2D eigenvalue weighted by molar-refractivity contribution is -0.275. The Morgan fingerprint density at radius 2 is 1.74 bits per heavy atom. The maximum Gasteiger partial charge on any atom is 0.573 e. The summed E-state index contributed by atoms with van der Waals surface area (Å²) in [6.45, 7) is -0.382. The molecule has 4 aromatic rings. The first-order valence-electron chi connectivity index (χ1n) is 11.9. The number of para-hydroxylation sites is 1. The number of carbonyl (C=O) groups is 1. The minimum Gasteiger partial charge on any atom is -0.465 e. The molecule has 0 radical (unpaired) electrons. The third-order valence-electron chi connectivity index (χ3n) is 5.94. The molecular formula is C29H25F3N2O5. The number of aliphatic hydroxyl groups excluding tert-OH is 2. The van der Waals surface area contributed by atoms with Gasteiger partial charge in [0.25, 0.3) is 0 Å². The van der Waals surface area contributed by atoms with E-state index in [-0.39, 0.29) is 12.2 Å². The molecule has 0 aliphatic rings. The van der Waals surface area contributed by atoms with Crippen molar-refractivity contribution in [3.05, 3.63) is 101 Å². The van der Waals surface area contributed by atoms with E-state index in [1.165, 1.54) is 31.4 Å². The van der Waals surface area contributed by atoms with Crippen LogP contribution >= 0.6 is 0 Å². The van der Waals surface area contributed by atoms with Crippen LogP contribution in [0.15, 0.2) is 72.9 Å². The average molecular weight is 539 g/mol. The summed E-state index contributed by atoms with van der Waals surface area (Å²) in [6.07, 6.45) is -4.50.